The molecule has 1 atom stereocenters. The number of ether oxygens (including phenoxy) is 1. The average Bonchev–Trinajstić information content (AvgIpc) is 2.09. The second-order valence-electron chi connectivity index (χ2n) is 4.41. The number of alkyl carbamates (subject to hydrolysis) is 1. The third-order valence-corrected chi connectivity index (χ3v) is 1.59. The van der Waals surface area contributed by atoms with Gasteiger partial charge in [-0.2, -0.15) is 0 Å². The highest BCUT2D eigenvalue weighted by Gasteiger charge is 2.15. The van der Waals surface area contributed by atoms with Crippen LogP contribution in [0.4, 0.5) is 4.79 Å². The number of nitrogens with one attached hydrogen (secondary N) is 1. The lowest BCUT2D eigenvalue weighted by atomic mass is 10.2. The normalized spacial score (nSPS) is 13.4. The van der Waals surface area contributed by atoms with Crippen LogP contribution < -0.4 is 5.32 Å². The molecule has 1 amide bonds. The number of hydrogen-bond donors (Lipinski definition) is 3. The zero-order valence-electron chi connectivity index (χ0n) is 9.62. The molecule has 0 aromatic heterocycles. The number of aliphatic hydroxyl groups excluding tert-OH is 2. The first-order valence-electron chi connectivity index (χ1n) is 5.11. The lowest BCUT2D eigenvalue weighted by molar-refractivity contribution is 0.0518. The van der Waals surface area contributed by atoms with Crippen LogP contribution >= 0.6 is 0 Å². The van der Waals surface area contributed by atoms with E-state index < -0.39 is 17.8 Å². The van der Waals surface area contributed by atoms with Gasteiger partial charge in [-0.25, -0.2) is 4.79 Å². The van der Waals surface area contributed by atoms with Crippen molar-refractivity contribution in [2.75, 3.05) is 13.2 Å². The summed E-state index contributed by atoms with van der Waals surface area (Å²) >= 11 is 0. The zero-order valence-corrected chi connectivity index (χ0v) is 9.62. The summed E-state index contributed by atoms with van der Waals surface area (Å²) in [4.78, 5) is 11.1. The van der Waals surface area contributed by atoms with Gasteiger partial charge in [0.15, 0.2) is 0 Å². The summed E-state index contributed by atoms with van der Waals surface area (Å²) in [7, 11) is 0. The fourth-order valence-electron chi connectivity index (χ4n) is 0.934. The Kier molecular flexibility index (Phi) is 6.27. The average molecular weight is 219 g/mol. The number of aliphatic hydroxyl groups is 2. The molecule has 0 saturated carbocycles. The van der Waals surface area contributed by atoms with Crippen LogP contribution in [0.1, 0.15) is 33.6 Å². The van der Waals surface area contributed by atoms with Crippen LogP contribution in [0.5, 0.6) is 0 Å². The van der Waals surface area contributed by atoms with E-state index in [2.05, 4.69) is 5.32 Å². The van der Waals surface area contributed by atoms with Gasteiger partial charge >= 0.3 is 6.09 Å². The second-order valence-corrected chi connectivity index (χ2v) is 4.41. The van der Waals surface area contributed by atoms with Crippen molar-refractivity contribution in [2.24, 2.45) is 0 Å². The van der Waals surface area contributed by atoms with Crippen molar-refractivity contribution in [3.05, 3.63) is 0 Å². The largest absolute Gasteiger partial charge is 0.444 e. The molecule has 0 radical (unpaired) electrons. The van der Waals surface area contributed by atoms with Crippen LogP contribution in [0.3, 0.4) is 0 Å². The summed E-state index contributed by atoms with van der Waals surface area (Å²) < 4.78 is 5.01. The molecule has 0 spiro atoms. The van der Waals surface area contributed by atoms with Gasteiger partial charge in [0.2, 0.25) is 0 Å². The highest BCUT2D eigenvalue weighted by atomic mass is 16.6. The van der Waals surface area contributed by atoms with Crippen LogP contribution in [0, 0.1) is 0 Å². The Hall–Kier alpha value is -0.810. The predicted octanol–water partition coefficient (Wildman–Crippen LogP) is 0.644. The molecule has 5 nitrogen and oxygen atoms in total. The lowest BCUT2D eigenvalue weighted by Gasteiger charge is -2.19. The molecule has 0 unspecified atom stereocenters. The quantitative estimate of drug-likeness (QED) is 0.593. The van der Waals surface area contributed by atoms with Gasteiger partial charge in [0, 0.05) is 6.54 Å². The highest BCUT2D eigenvalue weighted by Crippen LogP contribution is 2.06. The van der Waals surface area contributed by atoms with E-state index in [0.29, 0.717) is 19.4 Å². The SMILES string of the molecule is CC(C)(C)OC(=O)NCCC[C@H](O)CO. The van der Waals surface area contributed by atoms with E-state index in [-0.39, 0.29) is 6.61 Å². The first-order chi connectivity index (χ1) is 6.85. The van der Waals surface area contributed by atoms with E-state index in [9.17, 15) is 4.79 Å². The first-order valence-corrected chi connectivity index (χ1v) is 5.11. The lowest BCUT2D eigenvalue weighted by Crippen LogP contribution is -2.33. The molecular weight excluding hydrogens is 198 g/mol. The summed E-state index contributed by atoms with van der Waals surface area (Å²) in [5.41, 5.74) is -0.491. The molecule has 0 aromatic rings. The van der Waals surface area contributed by atoms with E-state index in [0.717, 1.165) is 0 Å². The molecule has 0 aromatic carbocycles. The summed E-state index contributed by atoms with van der Waals surface area (Å²) in [5, 5.41) is 20.1. The van der Waals surface area contributed by atoms with Gasteiger partial charge in [0.05, 0.1) is 12.7 Å². The Bertz CT molecular complexity index is 188. The number of amides is 1. The minimum Gasteiger partial charge on any atom is -0.444 e. The Morgan fingerprint density at radius 2 is 2.07 bits per heavy atom. The Morgan fingerprint density at radius 3 is 2.53 bits per heavy atom. The van der Waals surface area contributed by atoms with Gasteiger partial charge in [-0.05, 0) is 33.6 Å². The van der Waals surface area contributed by atoms with Crippen LogP contribution in [0.25, 0.3) is 0 Å². The molecular formula is C10H21NO4. The topological polar surface area (TPSA) is 78.8 Å². The summed E-state index contributed by atoms with van der Waals surface area (Å²) in [6, 6.07) is 0. The van der Waals surface area contributed by atoms with E-state index in [1.54, 1.807) is 20.8 Å². The standard InChI is InChI=1S/C10H21NO4/c1-10(2,3)15-9(14)11-6-4-5-8(13)7-12/h8,12-13H,4-7H2,1-3H3,(H,11,14)/t8-/m0/s1. The molecule has 0 aliphatic rings. The maximum Gasteiger partial charge on any atom is 0.407 e. The van der Waals surface area contributed by atoms with Crippen molar-refractivity contribution in [1.29, 1.82) is 0 Å². The van der Waals surface area contributed by atoms with Crippen molar-refractivity contribution in [3.8, 4) is 0 Å². The molecule has 0 aliphatic carbocycles. The van der Waals surface area contributed by atoms with Gasteiger partial charge in [-0.1, -0.05) is 0 Å². The first kappa shape index (κ1) is 14.2. The molecule has 0 aliphatic heterocycles. The summed E-state index contributed by atoms with van der Waals surface area (Å²) in [6.07, 6.45) is -0.0841. The molecule has 3 N–H and O–H groups in total. The molecule has 5 heteroatoms. The van der Waals surface area contributed by atoms with Crippen molar-refractivity contribution in [1.82, 2.24) is 5.32 Å². The molecule has 90 valence electrons. The fraction of sp³-hybridized carbons (Fsp3) is 0.900. The molecule has 0 rings (SSSR count). The van der Waals surface area contributed by atoms with Crippen LogP contribution in [0.15, 0.2) is 0 Å². The third kappa shape index (κ3) is 9.49. The molecule has 0 saturated heterocycles. The van der Waals surface area contributed by atoms with Crippen LogP contribution in [-0.4, -0.2) is 41.2 Å². The van der Waals surface area contributed by atoms with Crippen LogP contribution in [-0.2, 0) is 4.74 Å². The Morgan fingerprint density at radius 1 is 1.47 bits per heavy atom. The second kappa shape index (κ2) is 6.63. The summed E-state index contributed by atoms with van der Waals surface area (Å²) in [5.74, 6) is 0. The third-order valence-electron chi connectivity index (χ3n) is 1.59. The van der Waals surface area contributed by atoms with Gasteiger partial charge in [-0.3, -0.25) is 0 Å². The smallest absolute Gasteiger partial charge is 0.407 e. The molecule has 0 bridgehead atoms. The maximum absolute atomic E-state index is 11.1. The molecule has 15 heavy (non-hydrogen) atoms. The van der Waals surface area contributed by atoms with E-state index in [1.165, 1.54) is 0 Å². The maximum atomic E-state index is 11.1. The van der Waals surface area contributed by atoms with Crippen molar-refractivity contribution >= 4 is 6.09 Å². The minimum absolute atomic E-state index is 0.244. The predicted molar refractivity (Wildman–Crippen MR) is 56.6 cm³/mol. The number of rotatable bonds is 5. The van der Waals surface area contributed by atoms with Crippen molar-refractivity contribution < 1.29 is 19.7 Å². The van der Waals surface area contributed by atoms with Crippen molar-refractivity contribution in [2.45, 2.75) is 45.3 Å². The molecule has 0 heterocycles. The van der Waals surface area contributed by atoms with Crippen molar-refractivity contribution in [3.63, 3.8) is 0 Å². The minimum atomic E-state index is -0.703. The Labute approximate surface area is 90.4 Å². The van der Waals surface area contributed by atoms with E-state index in [1.807, 2.05) is 0 Å². The number of hydrogen-bond acceptors (Lipinski definition) is 4. The zero-order chi connectivity index (χ0) is 11.9. The molecule has 0 fully saturated rings. The number of carbonyl (C=O) groups is 1. The van der Waals surface area contributed by atoms with Gasteiger partial charge in [0.25, 0.3) is 0 Å². The van der Waals surface area contributed by atoms with Gasteiger partial charge < -0.3 is 20.3 Å². The number of carbonyl (C=O) groups excluding carboxylic acids is 1. The van der Waals surface area contributed by atoms with Crippen LogP contribution in [0.2, 0.25) is 0 Å². The Balaban J connectivity index is 3.48. The highest BCUT2D eigenvalue weighted by molar-refractivity contribution is 5.67. The fourth-order valence-corrected chi connectivity index (χ4v) is 0.934. The monoisotopic (exact) mass is 219 g/mol. The van der Waals surface area contributed by atoms with E-state index in [4.69, 9.17) is 14.9 Å². The summed E-state index contributed by atoms with van der Waals surface area (Å²) in [6.45, 7) is 5.57. The van der Waals surface area contributed by atoms with E-state index >= 15 is 0 Å². The van der Waals surface area contributed by atoms with Gasteiger partial charge in [0.1, 0.15) is 5.60 Å². The van der Waals surface area contributed by atoms with Gasteiger partial charge in [-0.15, -0.1) is 0 Å².